The van der Waals surface area contributed by atoms with Crippen LogP contribution in [0.1, 0.15) is 20.8 Å². The normalized spacial score (nSPS) is 11.3. The van der Waals surface area contributed by atoms with Gasteiger partial charge in [0, 0.05) is 77.5 Å². The molecule has 0 saturated carbocycles. The van der Waals surface area contributed by atoms with Crippen LogP contribution in [-0.4, -0.2) is 158 Å². The zero-order chi connectivity index (χ0) is 66.3. The maximum absolute atomic E-state index is 12.2. The average Bonchev–Trinajstić information content (AvgIpc) is 0.903. The Labute approximate surface area is 537 Å². The molecule has 0 amide bonds. The molecule has 498 valence electrons. The molecule has 0 spiro atoms. The van der Waals surface area contributed by atoms with Crippen LogP contribution in [0.2, 0.25) is 0 Å². The summed E-state index contributed by atoms with van der Waals surface area (Å²) in [6.45, 7) is 14.3. The van der Waals surface area contributed by atoms with Crippen molar-refractivity contribution in [3.05, 3.63) is 176 Å². The highest BCUT2D eigenvalue weighted by Crippen LogP contribution is 2.38. The molecule has 0 fully saturated rings. The summed E-state index contributed by atoms with van der Waals surface area (Å²) in [7, 11) is -5.40. The van der Waals surface area contributed by atoms with Crippen molar-refractivity contribution in [1.82, 2.24) is 0 Å². The largest absolute Gasteiger partial charge is 0.748 e. The summed E-state index contributed by atoms with van der Waals surface area (Å²) in [4.78, 5) is 6.43. The van der Waals surface area contributed by atoms with Gasteiger partial charge in [-0.05, 0) is 118 Å². The molecule has 0 atom stereocenters. The van der Waals surface area contributed by atoms with Gasteiger partial charge in [0.1, 0.15) is 106 Å². The number of hydrogen-bond donors (Lipinski definition) is 0. The van der Waals surface area contributed by atoms with Crippen LogP contribution in [0.3, 0.4) is 0 Å². The summed E-state index contributed by atoms with van der Waals surface area (Å²) < 4.78 is 171. The lowest BCUT2D eigenvalue weighted by molar-refractivity contribution is -0.107. The summed E-state index contributed by atoms with van der Waals surface area (Å²) >= 11 is 0. The van der Waals surface area contributed by atoms with Crippen molar-refractivity contribution in [2.45, 2.75) is 61.2 Å². The number of hydrogen-bond acceptors (Lipinski definition) is 18. The van der Waals surface area contributed by atoms with Crippen molar-refractivity contribution >= 4 is 42.0 Å². The Kier molecular flexibility index (Phi) is 35.8. The van der Waals surface area contributed by atoms with Gasteiger partial charge in [-0.15, -0.1) is 0 Å². The van der Waals surface area contributed by atoms with Crippen LogP contribution in [0.5, 0.6) is 34.5 Å². The molecule has 0 aliphatic heterocycles. The fraction of sp³-hybridized carbons (Fsp3) is 0.354. The van der Waals surface area contributed by atoms with Crippen LogP contribution < -0.4 is 28.4 Å². The first-order valence-corrected chi connectivity index (χ1v) is 33.9. The van der Waals surface area contributed by atoms with Gasteiger partial charge in [0.15, 0.2) is 29.4 Å². The smallest absolute Gasteiger partial charge is 0.401 e. The first-order chi connectivity index (χ1) is 43.7. The fourth-order valence-electron chi connectivity index (χ4n) is 7.58. The van der Waals surface area contributed by atoms with E-state index in [4.69, 9.17) is 56.8 Å². The predicted octanol–water partition coefficient (Wildman–Crippen LogP) is 11.7. The summed E-state index contributed by atoms with van der Waals surface area (Å²) in [5.41, 5.74) is 0. The molecule has 7 aromatic carbocycles. The fourth-order valence-corrected chi connectivity index (χ4v) is 12.8. The van der Waals surface area contributed by atoms with Crippen molar-refractivity contribution in [3.63, 3.8) is 0 Å². The Morgan fingerprint density at radius 2 is 0.615 bits per heavy atom. The van der Waals surface area contributed by atoms with Crippen LogP contribution in [0.25, 0.3) is 0 Å². The lowest BCUT2D eigenvalue weighted by Crippen LogP contribution is -2.21. The highest BCUT2D eigenvalue weighted by Gasteiger charge is 2.33. The maximum Gasteiger partial charge on any atom is 0.401 e. The molecule has 0 aliphatic rings. The Hall–Kier alpha value is -6.66. The third-order valence-corrected chi connectivity index (χ3v) is 17.3. The standard InChI is InChI=1S/C30H39O6S.C27H33O6S.C6H5FO3S.C2H3F3O3S/c1-4-31-16-19-34-25-10-7-13-28(22-25)37(29-14-8-11-26(23-29)35-20-17-32-5-2)30-15-9-12-27(24-30)36-21-18-33-6-3;1-28-13-16-31-22-7-4-10-25(19-22)34(26-11-5-8-23(20-26)32-17-14-29-2)27-12-6-9-24(21-27)33-18-15-30-3;7-5-1-3-6(4-2-5)11(8,9)10;3-2(4,5)1-9(6,7)8/h7-15,22-24H,4-6,16-21H2,1-3H3;4-12,19-21H,13-18H2,1-3H3;1-4H,(H,8,9,10);1H2,(H,6,7,8)/q2*+1;;/p-2. The van der Waals surface area contributed by atoms with E-state index in [0.29, 0.717) is 99.1 Å². The van der Waals surface area contributed by atoms with E-state index < -0.39 is 64.7 Å². The minimum atomic E-state index is -5.16. The van der Waals surface area contributed by atoms with Crippen LogP contribution in [-0.2, 0) is 70.4 Å². The third kappa shape index (κ3) is 31.5. The number of ether oxygens (including phenoxy) is 12. The van der Waals surface area contributed by atoms with Crippen molar-refractivity contribution < 1.29 is 100 Å². The minimum absolute atomic E-state index is 0.401. The van der Waals surface area contributed by atoms with Gasteiger partial charge in [-0.25, -0.2) is 21.2 Å². The Morgan fingerprint density at radius 1 is 0.374 bits per heavy atom. The number of benzene rings is 7. The second-order valence-corrected chi connectivity index (χ2v) is 25.2. The minimum Gasteiger partial charge on any atom is -0.748 e. The Bertz CT molecular complexity index is 3120. The molecular weight excluding hydrogens is 1270 g/mol. The summed E-state index contributed by atoms with van der Waals surface area (Å²) in [5.74, 6) is 2.04. The SMILES string of the molecule is CCOCCOc1cccc([S+](c2cccc(OCCOCC)c2)c2cccc(OCCOCC)c2)c1.COCCOc1cccc([S+](c2cccc(OCCOC)c2)c2cccc(OCCOC)c2)c1.O=S(=O)([O-])CC(F)(F)F.O=S(=O)([O-])c1ccc(F)cc1. The second kappa shape index (κ2) is 42.5. The molecule has 0 heterocycles. The van der Waals surface area contributed by atoms with Crippen LogP contribution in [0, 0.1) is 5.82 Å². The van der Waals surface area contributed by atoms with Crippen molar-refractivity contribution in [2.75, 3.05) is 126 Å². The lowest BCUT2D eigenvalue weighted by Gasteiger charge is -2.13. The number of rotatable bonds is 35. The lowest BCUT2D eigenvalue weighted by atomic mass is 10.3. The van der Waals surface area contributed by atoms with Gasteiger partial charge in [-0.3, -0.25) is 0 Å². The predicted molar refractivity (Wildman–Crippen MR) is 336 cm³/mol. The van der Waals surface area contributed by atoms with Crippen LogP contribution >= 0.6 is 0 Å². The van der Waals surface area contributed by atoms with E-state index in [2.05, 4.69) is 72.8 Å². The zero-order valence-corrected chi connectivity index (χ0v) is 54.7. The molecule has 0 aliphatic carbocycles. The molecule has 7 aromatic rings. The third-order valence-electron chi connectivity index (χ3n) is 11.5. The summed E-state index contributed by atoms with van der Waals surface area (Å²) in [6.07, 6.45) is -4.92. The van der Waals surface area contributed by atoms with Crippen molar-refractivity contribution in [3.8, 4) is 34.5 Å². The second-order valence-electron chi connectivity index (χ2n) is 18.3. The van der Waals surface area contributed by atoms with E-state index in [1.165, 1.54) is 0 Å². The molecule has 18 nitrogen and oxygen atoms in total. The van der Waals surface area contributed by atoms with E-state index in [0.717, 1.165) is 88.1 Å². The van der Waals surface area contributed by atoms with Crippen LogP contribution in [0.4, 0.5) is 17.6 Å². The van der Waals surface area contributed by atoms with Gasteiger partial charge < -0.3 is 65.9 Å². The van der Waals surface area contributed by atoms with Gasteiger partial charge in [-0.1, -0.05) is 36.4 Å². The molecule has 0 radical (unpaired) electrons. The summed E-state index contributed by atoms with van der Waals surface area (Å²) in [6, 6.07) is 53.2. The Balaban J connectivity index is 0.000000299. The molecule has 7 rings (SSSR count). The van der Waals surface area contributed by atoms with Crippen molar-refractivity contribution in [2.24, 2.45) is 0 Å². The highest BCUT2D eigenvalue weighted by atomic mass is 32.2. The first-order valence-electron chi connectivity index (χ1n) is 28.5. The maximum atomic E-state index is 12.2. The number of alkyl halides is 3. The number of halogens is 4. The molecule has 0 unspecified atom stereocenters. The van der Waals surface area contributed by atoms with Gasteiger partial charge >= 0.3 is 6.18 Å². The first kappa shape index (κ1) is 76.8. The van der Waals surface area contributed by atoms with E-state index in [1.54, 1.807) is 21.3 Å². The molecular formula is C65H78F4O18S4. The van der Waals surface area contributed by atoms with Gasteiger partial charge in [0.25, 0.3) is 0 Å². The number of methoxy groups -OCH3 is 3. The highest BCUT2D eigenvalue weighted by molar-refractivity contribution is 7.97. The molecule has 26 heteroatoms. The molecule has 0 bridgehead atoms. The molecule has 0 saturated heterocycles. The average molecular weight is 1350 g/mol. The van der Waals surface area contributed by atoms with E-state index >= 15 is 0 Å². The van der Waals surface area contributed by atoms with E-state index in [9.17, 15) is 43.5 Å². The zero-order valence-electron chi connectivity index (χ0n) is 51.5. The molecule has 91 heavy (non-hydrogen) atoms. The van der Waals surface area contributed by atoms with E-state index in [1.807, 2.05) is 93.6 Å². The molecule has 0 N–H and O–H groups in total. The summed E-state index contributed by atoms with van der Waals surface area (Å²) in [5, 5.41) is 0. The Morgan fingerprint density at radius 3 is 0.802 bits per heavy atom. The van der Waals surface area contributed by atoms with Gasteiger partial charge in [0.2, 0.25) is 0 Å². The quantitative estimate of drug-likeness (QED) is 0.0156. The van der Waals surface area contributed by atoms with Crippen LogP contribution in [0.15, 0.2) is 204 Å². The monoisotopic (exact) mass is 1350 g/mol. The van der Waals surface area contributed by atoms with Gasteiger partial charge in [-0.2, -0.15) is 13.2 Å². The topological polar surface area (TPSA) is 225 Å². The van der Waals surface area contributed by atoms with E-state index in [-0.39, 0.29) is 0 Å². The van der Waals surface area contributed by atoms with Gasteiger partial charge in [0.05, 0.1) is 66.3 Å². The molecule has 0 aromatic heterocycles. The van der Waals surface area contributed by atoms with Crippen molar-refractivity contribution in [1.29, 1.82) is 0 Å².